The minimum atomic E-state index is -0.550. The summed E-state index contributed by atoms with van der Waals surface area (Å²) < 4.78 is 4.92. The molecule has 1 aliphatic heterocycles. The maximum absolute atomic E-state index is 11.9. The molecule has 2 rings (SSSR count). The van der Waals surface area contributed by atoms with Gasteiger partial charge in [0.2, 0.25) is 11.8 Å². The number of carbonyl (C=O) groups is 3. The van der Waals surface area contributed by atoms with E-state index < -0.39 is 5.91 Å². The number of rotatable bonds is 6. The minimum absolute atomic E-state index is 0.0718. The van der Waals surface area contributed by atoms with Gasteiger partial charge in [-0.25, -0.2) is 0 Å². The lowest BCUT2D eigenvalue weighted by Crippen LogP contribution is -2.28. The molecule has 1 aromatic carbocycles. The number of hydrogen-bond acceptors (Lipinski definition) is 4. The Morgan fingerprint density at radius 1 is 1.40 bits per heavy atom. The number of fused-ring (bicyclic) bond motifs is 1. The van der Waals surface area contributed by atoms with Crippen LogP contribution in [0.3, 0.4) is 0 Å². The number of anilines is 1. The van der Waals surface area contributed by atoms with Gasteiger partial charge in [-0.05, 0) is 17.7 Å². The summed E-state index contributed by atoms with van der Waals surface area (Å²) in [5.41, 5.74) is 6.92. The predicted molar refractivity (Wildman–Crippen MR) is 71.1 cm³/mol. The van der Waals surface area contributed by atoms with E-state index in [-0.39, 0.29) is 31.6 Å². The van der Waals surface area contributed by atoms with Crippen molar-refractivity contribution in [2.45, 2.75) is 6.42 Å². The fourth-order valence-electron chi connectivity index (χ4n) is 1.87. The van der Waals surface area contributed by atoms with E-state index in [1.165, 1.54) is 0 Å². The molecule has 0 bridgehead atoms. The highest BCUT2D eigenvalue weighted by atomic mass is 16.5. The molecule has 1 aromatic rings. The van der Waals surface area contributed by atoms with E-state index in [9.17, 15) is 14.4 Å². The molecule has 0 saturated heterocycles. The van der Waals surface area contributed by atoms with Crippen molar-refractivity contribution in [3.63, 3.8) is 0 Å². The Morgan fingerprint density at radius 3 is 2.95 bits per heavy atom. The number of hydrogen-bond donors (Lipinski definition) is 3. The molecular formula is C13H15N3O4. The van der Waals surface area contributed by atoms with Crippen LogP contribution in [-0.2, 0) is 20.7 Å². The second-order valence-corrected chi connectivity index (χ2v) is 4.37. The summed E-state index contributed by atoms with van der Waals surface area (Å²) in [5.74, 6) is -0.889. The summed E-state index contributed by atoms with van der Waals surface area (Å²) in [6, 6.07) is 5.06. The van der Waals surface area contributed by atoms with Crippen molar-refractivity contribution in [1.82, 2.24) is 5.32 Å². The Kier molecular flexibility index (Phi) is 4.31. The summed E-state index contributed by atoms with van der Waals surface area (Å²) in [5, 5.41) is 5.33. The third-order valence-electron chi connectivity index (χ3n) is 2.77. The first-order valence-corrected chi connectivity index (χ1v) is 6.13. The van der Waals surface area contributed by atoms with Crippen LogP contribution in [0.25, 0.3) is 0 Å². The zero-order chi connectivity index (χ0) is 14.5. The van der Waals surface area contributed by atoms with Gasteiger partial charge in [0.1, 0.15) is 6.61 Å². The van der Waals surface area contributed by atoms with E-state index in [0.717, 1.165) is 5.56 Å². The Labute approximate surface area is 115 Å². The molecule has 0 aliphatic carbocycles. The quantitative estimate of drug-likeness (QED) is 0.604. The van der Waals surface area contributed by atoms with Gasteiger partial charge in [-0.15, -0.1) is 0 Å². The first kappa shape index (κ1) is 14.0. The van der Waals surface area contributed by atoms with Gasteiger partial charge < -0.3 is 21.1 Å². The van der Waals surface area contributed by atoms with Crippen molar-refractivity contribution in [3.05, 3.63) is 29.3 Å². The number of benzene rings is 1. The lowest BCUT2D eigenvalue weighted by molar-refractivity contribution is -0.122. The van der Waals surface area contributed by atoms with Crippen LogP contribution in [0.5, 0.6) is 0 Å². The summed E-state index contributed by atoms with van der Waals surface area (Å²) >= 11 is 0. The molecule has 0 aromatic heterocycles. The maximum Gasteiger partial charge on any atom is 0.251 e. The Bertz CT molecular complexity index is 557. The first-order valence-electron chi connectivity index (χ1n) is 6.13. The first-order chi connectivity index (χ1) is 9.56. The number of ether oxygens (including phenoxy) is 1. The van der Waals surface area contributed by atoms with Gasteiger partial charge >= 0.3 is 0 Å². The van der Waals surface area contributed by atoms with E-state index in [1.54, 1.807) is 18.2 Å². The highest BCUT2D eigenvalue weighted by molar-refractivity contribution is 6.02. The lowest BCUT2D eigenvalue weighted by Gasteiger charge is -2.07. The molecule has 0 atom stereocenters. The highest BCUT2D eigenvalue weighted by Gasteiger charge is 2.18. The van der Waals surface area contributed by atoms with Crippen LogP contribution >= 0.6 is 0 Å². The van der Waals surface area contributed by atoms with Gasteiger partial charge in [0.25, 0.3) is 5.91 Å². The molecule has 0 fully saturated rings. The van der Waals surface area contributed by atoms with Gasteiger partial charge in [0.05, 0.1) is 13.0 Å². The largest absolute Gasteiger partial charge is 0.370 e. The second-order valence-electron chi connectivity index (χ2n) is 4.37. The molecule has 0 radical (unpaired) electrons. The van der Waals surface area contributed by atoms with E-state index in [4.69, 9.17) is 10.5 Å². The van der Waals surface area contributed by atoms with Crippen LogP contribution in [0.15, 0.2) is 18.2 Å². The molecule has 1 aliphatic rings. The van der Waals surface area contributed by atoms with Crippen molar-refractivity contribution in [2.24, 2.45) is 5.73 Å². The van der Waals surface area contributed by atoms with Crippen LogP contribution < -0.4 is 16.4 Å². The number of carbonyl (C=O) groups excluding carboxylic acids is 3. The molecule has 3 amide bonds. The number of primary amides is 1. The van der Waals surface area contributed by atoms with Gasteiger partial charge in [-0.3, -0.25) is 14.4 Å². The molecule has 20 heavy (non-hydrogen) atoms. The Morgan fingerprint density at radius 2 is 2.20 bits per heavy atom. The SMILES string of the molecule is NC(=O)COCCNC(=O)c1ccc2c(c1)NC(=O)C2. The minimum Gasteiger partial charge on any atom is -0.370 e. The van der Waals surface area contributed by atoms with E-state index in [2.05, 4.69) is 10.6 Å². The normalized spacial score (nSPS) is 12.7. The summed E-state index contributed by atoms with van der Waals surface area (Å²) in [6.07, 6.45) is 0.345. The molecule has 106 valence electrons. The third kappa shape index (κ3) is 3.55. The molecule has 4 N–H and O–H groups in total. The summed E-state index contributed by atoms with van der Waals surface area (Å²) in [7, 11) is 0. The predicted octanol–water partition coefficient (Wildman–Crippen LogP) is -0.587. The standard InChI is InChI=1S/C13H15N3O4/c14-11(17)7-20-4-3-15-13(19)9-2-1-8-6-12(18)16-10(8)5-9/h1-2,5H,3-4,6-7H2,(H2,14,17)(H,15,19)(H,16,18). The van der Waals surface area contributed by atoms with E-state index in [0.29, 0.717) is 17.7 Å². The number of nitrogens with one attached hydrogen (secondary N) is 2. The third-order valence-corrected chi connectivity index (χ3v) is 2.77. The number of amides is 3. The number of nitrogens with two attached hydrogens (primary N) is 1. The topological polar surface area (TPSA) is 111 Å². The zero-order valence-corrected chi connectivity index (χ0v) is 10.8. The van der Waals surface area contributed by atoms with E-state index in [1.807, 2.05) is 0 Å². The lowest BCUT2D eigenvalue weighted by atomic mass is 10.1. The average molecular weight is 277 g/mol. The monoisotopic (exact) mass is 277 g/mol. The second kappa shape index (κ2) is 6.16. The zero-order valence-electron chi connectivity index (χ0n) is 10.8. The Balaban J connectivity index is 1.83. The average Bonchev–Trinajstić information content (AvgIpc) is 2.76. The molecule has 0 unspecified atom stereocenters. The van der Waals surface area contributed by atoms with Crippen LogP contribution in [0.1, 0.15) is 15.9 Å². The molecule has 0 saturated carbocycles. The molecule has 0 spiro atoms. The van der Waals surface area contributed by atoms with Crippen LogP contribution in [0, 0.1) is 0 Å². The van der Waals surface area contributed by atoms with Crippen LogP contribution in [-0.4, -0.2) is 37.5 Å². The van der Waals surface area contributed by atoms with Gasteiger partial charge in [0, 0.05) is 17.8 Å². The molecule has 7 nitrogen and oxygen atoms in total. The van der Waals surface area contributed by atoms with Gasteiger partial charge in [-0.2, -0.15) is 0 Å². The van der Waals surface area contributed by atoms with Crippen molar-refractivity contribution in [3.8, 4) is 0 Å². The smallest absolute Gasteiger partial charge is 0.251 e. The maximum atomic E-state index is 11.9. The fraction of sp³-hybridized carbons (Fsp3) is 0.308. The fourth-order valence-corrected chi connectivity index (χ4v) is 1.87. The van der Waals surface area contributed by atoms with Crippen molar-refractivity contribution < 1.29 is 19.1 Å². The molecule has 1 heterocycles. The molecule has 7 heteroatoms. The van der Waals surface area contributed by atoms with E-state index >= 15 is 0 Å². The van der Waals surface area contributed by atoms with Crippen LogP contribution in [0.2, 0.25) is 0 Å². The van der Waals surface area contributed by atoms with Crippen molar-refractivity contribution in [1.29, 1.82) is 0 Å². The van der Waals surface area contributed by atoms with Crippen molar-refractivity contribution in [2.75, 3.05) is 25.1 Å². The molecular weight excluding hydrogens is 262 g/mol. The summed E-state index contributed by atoms with van der Waals surface area (Å²) in [6.45, 7) is 0.312. The van der Waals surface area contributed by atoms with Crippen molar-refractivity contribution >= 4 is 23.4 Å². The summed E-state index contributed by atoms with van der Waals surface area (Å²) in [4.78, 5) is 33.5. The van der Waals surface area contributed by atoms with Gasteiger partial charge in [-0.1, -0.05) is 6.07 Å². The Hall–Kier alpha value is -2.41. The highest BCUT2D eigenvalue weighted by Crippen LogP contribution is 2.23. The van der Waals surface area contributed by atoms with Gasteiger partial charge in [0.15, 0.2) is 0 Å². The van der Waals surface area contributed by atoms with Crippen LogP contribution in [0.4, 0.5) is 5.69 Å².